The van der Waals surface area contributed by atoms with E-state index in [1.807, 2.05) is 6.92 Å². The van der Waals surface area contributed by atoms with Crippen LogP contribution in [0.25, 0.3) is 11.0 Å². The van der Waals surface area contributed by atoms with Crippen molar-refractivity contribution in [3.05, 3.63) is 23.8 Å². The highest BCUT2D eigenvalue weighted by Gasteiger charge is 2.63. The Bertz CT molecular complexity index is 1260. The lowest BCUT2D eigenvalue weighted by Crippen LogP contribution is -2.58. The highest BCUT2D eigenvalue weighted by Crippen LogP contribution is 2.68. The van der Waals surface area contributed by atoms with Crippen LogP contribution in [0.5, 0.6) is 0 Å². The average Bonchev–Trinajstić information content (AvgIpc) is 3.45. The van der Waals surface area contributed by atoms with E-state index in [2.05, 4.69) is 31.1 Å². The Labute approximate surface area is 229 Å². The SMILES string of the molecule is CC(C)OC[C@]12CC[C@@](C)(O)C[C@H]1CC[C@H]1[C@@H]3CC[C@H](C(=O)Cn4nnc5ccc(F)c(F)c54)[C@@]3(C)CC[C@@H]12. The number of hydrogen-bond donors (Lipinski definition) is 1. The Hall–Kier alpha value is -1.93. The fraction of sp³-hybridized carbons (Fsp3) is 0.774. The van der Waals surface area contributed by atoms with E-state index < -0.39 is 17.2 Å². The number of fused-ring (bicyclic) bond motifs is 6. The minimum atomic E-state index is -1.00. The summed E-state index contributed by atoms with van der Waals surface area (Å²) < 4.78 is 36.1. The molecule has 8 atom stereocenters. The first-order chi connectivity index (χ1) is 18.4. The molecule has 1 aromatic heterocycles. The average molecular weight is 544 g/mol. The van der Waals surface area contributed by atoms with Crippen LogP contribution in [0.2, 0.25) is 0 Å². The quantitative estimate of drug-likeness (QED) is 0.477. The van der Waals surface area contributed by atoms with Crippen LogP contribution in [-0.4, -0.2) is 44.2 Å². The molecule has 1 N–H and O–H groups in total. The third kappa shape index (κ3) is 4.35. The predicted octanol–water partition coefficient (Wildman–Crippen LogP) is 6.09. The number of rotatable bonds is 6. The van der Waals surface area contributed by atoms with E-state index in [9.17, 15) is 18.7 Å². The van der Waals surface area contributed by atoms with Crippen molar-refractivity contribution in [2.45, 2.75) is 104 Å². The lowest BCUT2D eigenvalue weighted by molar-refractivity contribution is -0.183. The highest BCUT2D eigenvalue weighted by molar-refractivity contribution is 5.84. The predicted molar refractivity (Wildman–Crippen MR) is 144 cm³/mol. The van der Waals surface area contributed by atoms with Gasteiger partial charge in [-0.25, -0.2) is 13.5 Å². The van der Waals surface area contributed by atoms with Gasteiger partial charge in [0.1, 0.15) is 17.6 Å². The van der Waals surface area contributed by atoms with Gasteiger partial charge in [-0.05, 0) is 125 Å². The molecular formula is C31H43F2N3O3. The topological polar surface area (TPSA) is 77.2 Å². The van der Waals surface area contributed by atoms with Crippen molar-refractivity contribution in [2.75, 3.05) is 6.61 Å². The van der Waals surface area contributed by atoms with Crippen LogP contribution in [-0.2, 0) is 16.1 Å². The second kappa shape index (κ2) is 9.57. The largest absolute Gasteiger partial charge is 0.390 e. The fourth-order valence-corrected chi connectivity index (χ4v) is 9.74. The molecule has 0 spiro atoms. The molecule has 4 fully saturated rings. The molecule has 1 aromatic carbocycles. The molecule has 6 nitrogen and oxygen atoms in total. The van der Waals surface area contributed by atoms with Crippen LogP contribution in [0, 0.1) is 52.1 Å². The third-order valence-electron chi connectivity index (χ3n) is 11.6. The van der Waals surface area contributed by atoms with Gasteiger partial charge in [0.25, 0.3) is 0 Å². The summed E-state index contributed by atoms with van der Waals surface area (Å²) in [4.78, 5) is 13.8. The number of Topliss-reactive ketones (excluding diaryl/α,β-unsaturated/α-hetero) is 1. The van der Waals surface area contributed by atoms with E-state index in [0.29, 0.717) is 23.7 Å². The maximum absolute atomic E-state index is 14.6. The van der Waals surface area contributed by atoms with Gasteiger partial charge in [-0.3, -0.25) is 4.79 Å². The van der Waals surface area contributed by atoms with Crippen molar-refractivity contribution in [1.29, 1.82) is 0 Å². The molecule has 4 aliphatic rings. The van der Waals surface area contributed by atoms with Crippen molar-refractivity contribution in [2.24, 2.45) is 40.4 Å². The number of ether oxygens (including phenoxy) is 1. The summed E-state index contributed by atoms with van der Waals surface area (Å²) >= 11 is 0. The van der Waals surface area contributed by atoms with Crippen molar-refractivity contribution in [3.8, 4) is 0 Å². The van der Waals surface area contributed by atoms with Gasteiger partial charge in [-0.2, -0.15) is 0 Å². The van der Waals surface area contributed by atoms with E-state index in [1.54, 1.807) is 0 Å². The van der Waals surface area contributed by atoms with Gasteiger partial charge < -0.3 is 9.84 Å². The molecule has 0 radical (unpaired) electrons. The van der Waals surface area contributed by atoms with E-state index >= 15 is 0 Å². The Morgan fingerprint density at radius 1 is 1.10 bits per heavy atom. The smallest absolute Gasteiger partial charge is 0.186 e. The second-order valence-electron chi connectivity index (χ2n) is 14.1. The number of benzene rings is 1. The zero-order valence-corrected chi connectivity index (χ0v) is 23.8. The number of carbonyl (C=O) groups excluding carboxylic acids is 1. The zero-order chi connectivity index (χ0) is 27.7. The highest BCUT2D eigenvalue weighted by atomic mass is 19.2. The zero-order valence-electron chi connectivity index (χ0n) is 23.8. The lowest BCUT2D eigenvalue weighted by atomic mass is 9.43. The molecule has 214 valence electrons. The second-order valence-corrected chi connectivity index (χ2v) is 14.1. The third-order valence-corrected chi connectivity index (χ3v) is 11.6. The Kier molecular flexibility index (Phi) is 6.69. The van der Waals surface area contributed by atoms with E-state index in [1.165, 1.54) is 10.7 Å². The number of nitrogens with zero attached hydrogens (tertiary/aromatic N) is 3. The van der Waals surface area contributed by atoms with Crippen LogP contribution in [0.1, 0.15) is 85.5 Å². The normalized spacial score (nSPS) is 39.9. The molecule has 2 aromatic rings. The Morgan fingerprint density at radius 3 is 2.67 bits per heavy atom. The van der Waals surface area contributed by atoms with Gasteiger partial charge in [0, 0.05) is 5.92 Å². The molecule has 0 saturated heterocycles. The van der Waals surface area contributed by atoms with Crippen molar-refractivity contribution >= 4 is 16.8 Å². The molecule has 4 saturated carbocycles. The van der Waals surface area contributed by atoms with Crippen LogP contribution >= 0.6 is 0 Å². The molecule has 4 aliphatic carbocycles. The summed E-state index contributed by atoms with van der Waals surface area (Å²) in [5, 5.41) is 18.9. The molecule has 39 heavy (non-hydrogen) atoms. The molecule has 0 unspecified atom stereocenters. The lowest BCUT2D eigenvalue weighted by Gasteiger charge is -2.62. The van der Waals surface area contributed by atoms with Crippen molar-refractivity contribution in [3.63, 3.8) is 0 Å². The first kappa shape index (κ1) is 27.3. The summed E-state index contributed by atoms with van der Waals surface area (Å²) in [6, 6.07) is 2.44. The summed E-state index contributed by atoms with van der Waals surface area (Å²) in [5.74, 6) is 0.00995. The Balaban J connectivity index is 1.25. The van der Waals surface area contributed by atoms with Crippen LogP contribution < -0.4 is 0 Å². The summed E-state index contributed by atoms with van der Waals surface area (Å²) in [5.41, 5.74) is -0.382. The van der Waals surface area contributed by atoms with Gasteiger partial charge in [0.2, 0.25) is 0 Å². The van der Waals surface area contributed by atoms with Crippen molar-refractivity contribution < 1.29 is 23.4 Å². The molecule has 0 amide bonds. The first-order valence-electron chi connectivity index (χ1n) is 15.0. The first-order valence-corrected chi connectivity index (χ1v) is 15.0. The molecule has 8 heteroatoms. The summed E-state index contributed by atoms with van der Waals surface area (Å²) in [6.45, 7) is 9.19. The van der Waals surface area contributed by atoms with Gasteiger partial charge >= 0.3 is 0 Å². The number of aromatic nitrogens is 3. The van der Waals surface area contributed by atoms with Gasteiger partial charge in [-0.15, -0.1) is 5.10 Å². The number of hydrogen-bond acceptors (Lipinski definition) is 5. The van der Waals surface area contributed by atoms with Crippen LogP contribution in [0.3, 0.4) is 0 Å². The van der Waals surface area contributed by atoms with E-state index in [-0.39, 0.29) is 46.2 Å². The van der Waals surface area contributed by atoms with E-state index in [4.69, 9.17) is 4.74 Å². The van der Waals surface area contributed by atoms with E-state index in [0.717, 1.165) is 70.5 Å². The van der Waals surface area contributed by atoms with Crippen LogP contribution in [0.4, 0.5) is 8.78 Å². The standard InChI is InChI=1S/C31H43F2N3O3/c1-18(2)39-17-31-14-13-29(3,38)15-19(31)5-6-20-21-7-8-23(30(21,4)12-11-22(20)31)26(37)16-36-28-25(34-35-36)10-9-24(32)27(28)33/h9-10,18-23,38H,5-8,11-17H2,1-4H3/t19-,20+,21+,22+,23-,29-,30+,31-/m1/s1. The molecular weight excluding hydrogens is 500 g/mol. The number of halogens is 2. The monoisotopic (exact) mass is 543 g/mol. The summed E-state index contributed by atoms with van der Waals surface area (Å²) in [7, 11) is 0. The maximum atomic E-state index is 14.6. The molecule has 1 heterocycles. The number of ketones is 1. The number of aliphatic hydroxyl groups is 1. The van der Waals surface area contributed by atoms with Gasteiger partial charge in [0.15, 0.2) is 17.4 Å². The molecule has 6 rings (SSSR count). The van der Waals surface area contributed by atoms with Crippen molar-refractivity contribution in [1.82, 2.24) is 15.0 Å². The van der Waals surface area contributed by atoms with Crippen LogP contribution in [0.15, 0.2) is 12.1 Å². The van der Waals surface area contributed by atoms with Gasteiger partial charge in [0.05, 0.1) is 18.3 Å². The maximum Gasteiger partial charge on any atom is 0.186 e. The molecule has 0 aliphatic heterocycles. The Morgan fingerprint density at radius 2 is 1.90 bits per heavy atom. The summed E-state index contributed by atoms with van der Waals surface area (Å²) in [6.07, 6.45) is 9.04. The minimum Gasteiger partial charge on any atom is -0.390 e. The molecule has 0 bridgehead atoms. The number of carbonyl (C=O) groups is 1. The van der Waals surface area contributed by atoms with Gasteiger partial charge in [-0.1, -0.05) is 12.1 Å². The fourth-order valence-electron chi connectivity index (χ4n) is 9.74. The minimum absolute atomic E-state index is 0.0367.